The van der Waals surface area contributed by atoms with Crippen molar-refractivity contribution in [3.63, 3.8) is 0 Å². The van der Waals surface area contributed by atoms with Gasteiger partial charge < -0.3 is 4.90 Å². The first-order chi connectivity index (χ1) is 8.38. The van der Waals surface area contributed by atoms with Crippen LogP contribution >= 0.6 is 0 Å². The van der Waals surface area contributed by atoms with Crippen LogP contribution in [0.15, 0.2) is 12.3 Å². The first-order valence-electron chi connectivity index (χ1n) is 6.38. The smallest absolute Gasteiger partial charge is 0.226 e. The van der Waals surface area contributed by atoms with Crippen LogP contribution in [0.2, 0.25) is 0 Å². The maximum absolute atomic E-state index is 8.88. The van der Waals surface area contributed by atoms with E-state index in [0.29, 0.717) is 11.7 Å². The number of rotatable bonds is 1. The summed E-state index contributed by atoms with van der Waals surface area (Å²) in [7, 11) is 0. The molecule has 4 heteroatoms. The van der Waals surface area contributed by atoms with Crippen molar-refractivity contribution in [3.8, 4) is 6.07 Å². The maximum Gasteiger partial charge on any atom is 0.226 e. The van der Waals surface area contributed by atoms with Gasteiger partial charge in [-0.05, 0) is 31.2 Å². The topological polar surface area (TPSA) is 52.8 Å². The molecule has 2 atom stereocenters. The monoisotopic (exact) mass is 228 g/mol. The summed E-state index contributed by atoms with van der Waals surface area (Å²) < 4.78 is 0. The highest BCUT2D eigenvalue weighted by Gasteiger charge is 2.36. The third kappa shape index (κ3) is 1.86. The maximum atomic E-state index is 8.88. The van der Waals surface area contributed by atoms with Crippen LogP contribution in [-0.4, -0.2) is 22.6 Å². The highest BCUT2D eigenvalue weighted by molar-refractivity contribution is 5.37. The Hall–Kier alpha value is -1.63. The number of hydrogen-bond donors (Lipinski definition) is 0. The number of hydrogen-bond acceptors (Lipinski definition) is 4. The molecular formula is C13H16N4. The van der Waals surface area contributed by atoms with Crippen LogP contribution in [0, 0.1) is 17.2 Å². The largest absolute Gasteiger partial charge is 0.338 e. The fourth-order valence-electron chi connectivity index (χ4n) is 3.20. The van der Waals surface area contributed by atoms with Crippen LogP contribution in [0.1, 0.15) is 37.8 Å². The molecule has 0 amide bonds. The minimum atomic E-state index is 0.467. The lowest BCUT2D eigenvalue weighted by Crippen LogP contribution is -2.35. The predicted molar refractivity (Wildman–Crippen MR) is 64.5 cm³/mol. The Bertz CT molecular complexity index is 451. The second-order valence-electron chi connectivity index (χ2n) is 4.95. The van der Waals surface area contributed by atoms with Gasteiger partial charge in [-0.2, -0.15) is 5.26 Å². The molecular weight excluding hydrogens is 212 g/mol. The first kappa shape index (κ1) is 10.5. The van der Waals surface area contributed by atoms with E-state index >= 15 is 0 Å². The molecule has 88 valence electrons. The summed E-state index contributed by atoms with van der Waals surface area (Å²) in [5.74, 6) is 1.57. The lowest BCUT2D eigenvalue weighted by atomic mass is 9.85. The molecule has 3 rings (SSSR count). The molecule has 1 saturated heterocycles. The second-order valence-corrected chi connectivity index (χ2v) is 4.95. The van der Waals surface area contributed by atoms with Gasteiger partial charge >= 0.3 is 0 Å². The molecule has 1 aromatic rings. The van der Waals surface area contributed by atoms with E-state index in [4.69, 9.17) is 5.26 Å². The Morgan fingerprint density at radius 2 is 2.18 bits per heavy atom. The van der Waals surface area contributed by atoms with E-state index < -0.39 is 0 Å². The van der Waals surface area contributed by atoms with Crippen molar-refractivity contribution in [3.05, 3.63) is 18.0 Å². The van der Waals surface area contributed by atoms with Crippen molar-refractivity contribution in [2.75, 3.05) is 11.4 Å². The van der Waals surface area contributed by atoms with Crippen LogP contribution < -0.4 is 4.90 Å². The lowest BCUT2D eigenvalue weighted by molar-refractivity contribution is 0.341. The second kappa shape index (κ2) is 4.33. The molecule has 0 spiro atoms. The Kier molecular flexibility index (Phi) is 2.68. The van der Waals surface area contributed by atoms with Gasteiger partial charge in [-0.3, -0.25) is 0 Å². The molecule has 2 unspecified atom stereocenters. The summed E-state index contributed by atoms with van der Waals surface area (Å²) in [5.41, 5.74) is 0.467. The number of anilines is 1. The molecule has 1 aliphatic heterocycles. The van der Waals surface area contributed by atoms with E-state index in [1.54, 1.807) is 12.3 Å². The lowest BCUT2D eigenvalue weighted by Gasteiger charge is -2.31. The molecule has 1 saturated carbocycles. The highest BCUT2D eigenvalue weighted by atomic mass is 15.3. The first-order valence-corrected chi connectivity index (χ1v) is 6.38. The van der Waals surface area contributed by atoms with Gasteiger partial charge in [0.05, 0.1) is 0 Å². The zero-order chi connectivity index (χ0) is 11.7. The van der Waals surface area contributed by atoms with Crippen molar-refractivity contribution < 1.29 is 0 Å². The van der Waals surface area contributed by atoms with Crippen molar-refractivity contribution in [1.82, 2.24) is 9.97 Å². The van der Waals surface area contributed by atoms with Crippen molar-refractivity contribution in [2.24, 2.45) is 5.92 Å². The number of nitrogens with zero attached hydrogens (tertiary/aromatic N) is 4. The number of nitriles is 1. The average molecular weight is 228 g/mol. The van der Waals surface area contributed by atoms with Crippen LogP contribution in [0.4, 0.5) is 5.95 Å². The van der Waals surface area contributed by atoms with Gasteiger partial charge in [-0.25, -0.2) is 9.97 Å². The predicted octanol–water partition coefficient (Wildman–Crippen LogP) is 2.12. The SMILES string of the molecule is N#Cc1ccnc(N2CCC3CCCCC32)n1. The minimum Gasteiger partial charge on any atom is -0.338 e. The molecule has 4 nitrogen and oxygen atoms in total. The Labute approximate surface area is 101 Å². The van der Waals surface area contributed by atoms with Crippen LogP contribution in [-0.2, 0) is 0 Å². The third-order valence-corrected chi connectivity index (χ3v) is 4.02. The quantitative estimate of drug-likeness (QED) is 0.738. The van der Waals surface area contributed by atoms with Gasteiger partial charge in [-0.15, -0.1) is 0 Å². The molecule has 0 N–H and O–H groups in total. The standard InChI is InChI=1S/C13H16N4/c14-9-11-5-7-15-13(16-11)17-8-6-10-3-1-2-4-12(10)17/h5,7,10,12H,1-4,6,8H2. The normalized spacial score (nSPS) is 27.6. The van der Waals surface area contributed by atoms with E-state index in [2.05, 4.69) is 20.9 Å². The summed E-state index contributed by atoms with van der Waals surface area (Å²) in [5, 5.41) is 8.88. The molecule has 2 fully saturated rings. The van der Waals surface area contributed by atoms with Crippen molar-refractivity contribution >= 4 is 5.95 Å². The third-order valence-electron chi connectivity index (χ3n) is 4.02. The Morgan fingerprint density at radius 1 is 1.29 bits per heavy atom. The molecule has 0 radical (unpaired) electrons. The van der Waals surface area contributed by atoms with E-state index in [1.165, 1.54) is 32.1 Å². The van der Waals surface area contributed by atoms with Crippen molar-refractivity contribution in [1.29, 1.82) is 5.26 Å². The van der Waals surface area contributed by atoms with Crippen LogP contribution in [0.5, 0.6) is 0 Å². The summed E-state index contributed by atoms with van der Waals surface area (Å²) in [6.07, 6.45) is 8.23. The molecule has 1 aliphatic carbocycles. The van der Waals surface area contributed by atoms with Gasteiger partial charge in [0.1, 0.15) is 11.8 Å². The zero-order valence-corrected chi connectivity index (χ0v) is 9.84. The summed E-state index contributed by atoms with van der Waals surface area (Å²) in [6, 6.07) is 4.36. The van der Waals surface area contributed by atoms with E-state index in [-0.39, 0.29) is 0 Å². The highest BCUT2D eigenvalue weighted by Crippen LogP contribution is 2.37. The van der Waals surface area contributed by atoms with E-state index in [0.717, 1.165) is 18.4 Å². The summed E-state index contributed by atoms with van der Waals surface area (Å²) in [6.45, 7) is 1.05. The van der Waals surface area contributed by atoms with Gasteiger partial charge in [0.2, 0.25) is 5.95 Å². The molecule has 2 heterocycles. The van der Waals surface area contributed by atoms with E-state index in [1.807, 2.05) is 0 Å². The Balaban J connectivity index is 1.86. The average Bonchev–Trinajstić information content (AvgIpc) is 2.82. The molecule has 2 aliphatic rings. The number of fused-ring (bicyclic) bond motifs is 1. The van der Waals surface area contributed by atoms with E-state index in [9.17, 15) is 0 Å². The minimum absolute atomic E-state index is 0.467. The molecule has 0 aromatic carbocycles. The van der Waals surface area contributed by atoms with Gasteiger partial charge in [0.25, 0.3) is 0 Å². The fourth-order valence-corrected chi connectivity index (χ4v) is 3.20. The van der Waals surface area contributed by atoms with Gasteiger partial charge in [0.15, 0.2) is 0 Å². The van der Waals surface area contributed by atoms with Gasteiger partial charge in [-0.1, -0.05) is 12.8 Å². The summed E-state index contributed by atoms with van der Waals surface area (Å²) in [4.78, 5) is 11.0. The van der Waals surface area contributed by atoms with Crippen LogP contribution in [0.25, 0.3) is 0 Å². The van der Waals surface area contributed by atoms with Crippen molar-refractivity contribution in [2.45, 2.75) is 38.1 Å². The Morgan fingerprint density at radius 3 is 3.06 bits per heavy atom. The molecule has 0 bridgehead atoms. The summed E-state index contributed by atoms with van der Waals surface area (Å²) >= 11 is 0. The van der Waals surface area contributed by atoms with Gasteiger partial charge in [0, 0.05) is 18.8 Å². The fraction of sp³-hybridized carbons (Fsp3) is 0.615. The molecule has 17 heavy (non-hydrogen) atoms. The zero-order valence-electron chi connectivity index (χ0n) is 9.84. The molecule has 1 aromatic heterocycles. The van der Waals surface area contributed by atoms with Crippen LogP contribution in [0.3, 0.4) is 0 Å². The number of aromatic nitrogens is 2.